The second-order valence-electron chi connectivity index (χ2n) is 0.620. The third-order valence-electron chi connectivity index (χ3n) is 0.168. The zero-order valence-corrected chi connectivity index (χ0v) is 3.76. The molecule has 0 unspecified atom stereocenters. The monoisotopic (exact) mass is 113 g/mol. The lowest BCUT2D eigenvalue weighted by Crippen LogP contribution is -1.76. The van der Waals surface area contributed by atoms with E-state index in [1.165, 1.54) is 0 Å². The average Bonchev–Trinajstić information content (AvgIpc) is 1.30. The number of phosphoric acid groups is 1. The maximum Gasteiger partial charge on any atom is 0.469 e. The molecule has 0 fully saturated rings. The molecule has 38 valence electrons. The fourth-order valence-electron chi connectivity index (χ4n) is 0. The Morgan fingerprint density at radius 3 is 2.50 bits per heavy atom. The van der Waals surface area contributed by atoms with Crippen LogP contribution >= 0.6 is 7.82 Å². The van der Waals surface area contributed by atoms with Crippen molar-refractivity contribution in [1.29, 1.82) is 0 Å². The number of hydrogen-bond acceptors (Lipinski definition) is 2. The van der Waals surface area contributed by atoms with Crippen LogP contribution in [0.1, 0.15) is 1.37 Å². The molecule has 0 spiro atoms. The van der Waals surface area contributed by atoms with Crippen LogP contribution in [0.15, 0.2) is 0 Å². The molecule has 2 N–H and O–H groups in total. The van der Waals surface area contributed by atoms with Gasteiger partial charge in [0.15, 0.2) is 0 Å². The van der Waals surface area contributed by atoms with Crippen LogP contribution in [0.5, 0.6) is 0 Å². The highest BCUT2D eigenvalue weighted by atomic mass is 31.2. The summed E-state index contributed by atoms with van der Waals surface area (Å²) in [7, 11) is -5.06. The highest BCUT2D eigenvalue weighted by Gasteiger charge is 2.07. The molecular weight excluding hydrogens is 107 g/mol. The van der Waals surface area contributed by atoms with Gasteiger partial charge in [0.1, 0.15) is 0 Å². The Morgan fingerprint density at radius 2 is 2.50 bits per heavy atom. The van der Waals surface area contributed by atoms with Gasteiger partial charge in [-0.15, -0.1) is 0 Å². The van der Waals surface area contributed by atoms with Gasteiger partial charge in [0.05, 0.1) is 1.37 Å². The van der Waals surface area contributed by atoms with E-state index in [0.717, 1.165) is 0 Å². The second-order valence-corrected chi connectivity index (χ2v) is 1.86. The van der Waals surface area contributed by atoms with Crippen molar-refractivity contribution in [2.45, 2.75) is 0 Å². The number of phosphoric ester groups is 1. The number of hydrogen-bond donors (Lipinski definition) is 2. The molecular formula is CH5O4P. The van der Waals surface area contributed by atoms with Crippen molar-refractivity contribution in [1.82, 2.24) is 0 Å². The van der Waals surface area contributed by atoms with Crippen LogP contribution in [0.3, 0.4) is 0 Å². The summed E-state index contributed by atoms with van der Waals surface area (Å²) >= 11 is 0. The van der Waals surface area contributed by atoms with Gasteiger partial charge >= 0.3 is 7.82 Å². The zero-order valence-electron chi connectivity index (χ0n) is 3.87. The minimum atomic E-state index is -4.35. The van der Waals surface area contributed by atoms with Gasteiger partial charge < -0.3 is 9.79 Å². The Morgan fingerprint density at radius 1 is 2.00 bits per heavy atom. The summed E-state index contributed by atoms with van der Waals surface area (Å²) < 4.78 is 19.3. The van der Waals surface area contributed by atoms with Crippen LogP contribution in [0.4, 0.5) is 0 Å². The van der Waals surface area contributed by atoms with Gasteiger partial charge in [0, 0.05) is 7.09 Å². The molecule has 4 nitrogen and oxygen atoms in total. The Hall–Kier alpha value is 0.110. The fourth-order valence-corrected chi connectivity index (χ4v) is 0. The molecule has 0 radical (unpaired) electrons. The van der Waals surface area contributed by atoms with Gasteiger partial charge in [-0.05, 0) is 0 Å². The summed E-state index contributed by atoms with van der Waals surface area (Å²) in [4.78, 5) is 15.6. The minimum Gasteiger partial charge on any atom is -0.303 e. The normalized spacial score (nSPS) is 14.0. The lowest BCUT2D eigenvalue weighted by Gasteiger charge is -1.93. The summed E-state index contributed by atoms with van der Waals surface area (Å²) in [5, 5.41) is 0. The van der Waals surface area contributed by atoms with Gasteiger partial charge in [0.2, 0.25) is 0 Å². The van der Waals surface area contributed by atoms with Crippen LogP contribution in [0, 0.1) is 0 Å². The maximum absolute atomic E-state index is 9.58. The molecule has 0 aliphatic carbocycles. The molecule has 0 aliphatic heterocycles. The van der Waals surface area contributed by atoms with Gasteiger partial charge in [-0.1, -0.05) is 0 Å². The molecule has 6 heavy (non-hydrogen) atoms. The molecule has 5 heteroatoms. The molecule has 0 aromatic carbocycles. The first-order valence-electron chi connectivity index (χ1n) is 1.76. The first-order valence-corrected chi connectivity index (χ1v) is 2.58. The summed E-state index contributed by atoms with van der Waals surface area (Å²) in [5.74, 6) is 0. The average molecular weight is 113 g/mol. The van der Waals surface area contributed by atoms with E-state index in [2.05, 4.69) is 4.52 Å². The maximum atomic E-state index is 9.58. The van der Waals surface area contributed by atoms with Crippen LogP contribution in [0.25, 0.3) is 0 Å². The second kappa shape index (κ2) is 1.71. The van der Waals surface area contributed by atoms with E-state index in [0.29, 0.717) is 0 Å². The molecule has 0 aliphatic rings. The van der Waals surface area contributed by atoms with E-state index in [9.17, 15) is 4.57 Å². The minimum absolute atomic E-state index is 0.704. The smallest absolute Gasteiger partial charge is 0.303 e. The summed E-state index contributed by atoms with van der Waals surface area (Å²) in [5.41, 5.74) is 0. The molecule has 0 saturated carbocycles. The Labute approximate surface area is 36.4 Å². The van der Waals surface area contributed by atoms with Crippen molar-refractivity contribution in [3.05, 3.63) is 0 Å². The molecule has 0 aromatic rings. The SMILES string of the molecule is [2H]COP(=O)(O)O. The predicted octanol–water partition coefficient (Wildman–Crippen LogP) is -0.275. The third kappa shape index (κ3) is 4.11. The van der Waals surface area contributed by atoms with Crippen molar-refractivity contribution >= 4 is 7.82 Å². The lowest BCUT2D eigenvalue weighted by molar-refractivity contribution is 0.235. The fraction of sp³-hybridized carbons (Fsp3) is 1.00. The van der Waals surface area contributed by atoms with Crippen LogP contribution in [-0.4, -0.2) is 16.9 Å². The van der Waals surface area contributed by atoms with Crippen molar-refractivity contribution in [2.24, 2.45) is 0 Å². The Kier molecular flexibility index (Phi) is 1.22. The van der Waals surface area contributed by atoms with E-state index in [1.807, 2.05) is 0 Å². The van der Waals surface area contributed by atoms with E-state index in [-0.39, 0.29) is 0 Å². The highest BCUT2D eigenvalue weighted by Crippen LogP contribution is 2.33. The molecule has 0 saturated heterocycles. The largest absolute Gasteiger partial charge is 0.469 e. The van der Waals surface area contributed by atoms with Gasteiger partial charge in [-0.2, -0.15) is 0 Å². The summed E-state index contributed by atoms with van der Waals surface area (Å²) in [6.45, 7) is 0. The lowest BCUT2D eigenvalue weighted by atomic mass is 11.8. The van der Waals surface area contributed by atoms with E-state index in [1.54, 1.807) is 0 Å². The molecule has 0 bridgehead atoms. The highest BCUT2D eigenvalue weighted by molar-refractivity contribution is 7.46. The Balaban J connectivity index is 3.36. The molecule has 0 aromatic heterocycles. The van der Waals surface area contributed by atoms with Crippen molar-refractivity contribution in [3.63, 3.8) is 0 Å². The van der Waals surface area contributed by atoms with Gasteiger partial charge in [-0.25, -0.2) is 4.57 Å². The van der Waals surface area contributed by atoms with E-state index >= 15 is 0 Å². The summed E-state index contributed by atoms with van der Waals surface area (Å²) in [6.07, 6.45) is 0. The van der Waals surface area contributed by atoms with Crippen LogP contribution < -0.4 is 0 Å². The van der Waals surface area contributed by atoms with Gasteiger partial charge in [0.25, 0.3) is 0 Å². The van der Waals surface area contributed by atoms with Gasteiger partial charge in [-0.3, -0.25) is 4.52 Å². The van der Waals surface area contributed by atoms with E-state index in [4.69, 9.17) is 11.2 Å². The predicted molar refractivity (Wildman–Crippen MR) is 19.1 cm³/mol. The van der Waals surface area contributed by atoms with Crippen molar-refractivity contribution in [3.8, 4) is 0 Å². The topological polar surface area (TPSA) is 66.8 Å². The summed E-state index contributed by atoms with van der Waals surface area (Å²) in [6, 6.07) is 0. The quantitative estimate of drug-likeness (QED) is 0.459. The van der Waals surface area contributed by atoms with Crippen LogP contribution in [0.2, 0.25) is 0 Å². The van der Waals surface area contributed by atoms with Crippen molar-refractivity contribution in [2.75, 3.05) is 7.09 Å². The number of rotatable bonds is 1. The van der Waals surface area contributed by atoms with Crippen molar-refractivity contribution < 1.29 is 20.2 Å². The first-order chi connectivity index (χ1) is 3.06. The zero-order chi connectivity index (χ0) is 5.91. The molecule has 0 amide bonds. The van der Waals surface area contributed by atoms with E-state index < -0.39 is 14.9 Å². The molecule has 0 heterocycles. The van der Waals surface area contributed by atoms with Crippen LogP contribution in [-0.2, 0) is 9.09 Å². The third-order valence-corrected chi connectivity index (χ3v) is 0.505. The Bertz CT molecular complexity index is 85.7. The standard InChI is InChI=1S/CH5O4P/c1-5-6(2,3)4/h1H3,(H2,2,3,4)/i1D. The first kappa shape index (κ1) is 4.27. The molecule has 0 rings (SSSR count). The molecule has 0 atom stereocenters.